The maximum atomic E-state index is 14.3. The first-order valence-corrected chi connectivity index (χ1v) is 7.81. The average molecular weight is 336 g/mol. The van der Waals surface area contributed by atoms with Gasteiger partial charge in [0.1, 0.15) is 0 Å². The van der Waals surface area contributed by atoms with Gasteiger partial charge < -0.3 is 4.90 Å². The van der Waals surface area contributed by atoms with Crippen LogP contribution < -0.4 is 0 Å². The Kier molecular flexibility index (Phi) is 3.54. The van der Waals surface area contributed by atoms with Crippen molar-refractivity contribution in [2.45, 2.75) is 37.5 Å². The van der Waals surface area contributed by atoms with Gasteiger partial charge in [0, 0.05) is 13.0 Å². The van der Waals surface area contributed by atoms with Crippen molar-refractivity contribution in [3.8, 4) is 0 Å². The molecule has 0 N–H and O–H groups in total. The minimum absolute atomic E-state index is 0.0846. The summed E-state index contributed by atoms with van der Waals surface area (Å²) in [6.45, 7) is 0.249. The summed E-state index contributed by atoms with van der Waals surface area (Å²) >= 11 is 0. The molecule has 1 saturated heterocycles. The topological polar surface area (TPSA) is 51.0 Å². The first-order chi connectivity index (χ1) is 11.6. The van der Waals surface area contributed by atoms with E-state index in [9.17, 15) is 18.0 Å². The van der Waals surface area contributed by atoms with E-state index in [4.69, 9.17) is 0 Å². The third-order valence-corrected chi connectivity index (χ3v) is 4.66. The molecule has 24 heavy (non-hydrogen) atoms. The number of fused-ring (bicyclic) bond motifs is 1. The third-order valence-electron chi connectivity index (χ3n) is 4.66. The zero-order chi connectivity index (χ0) is 16.8. The number of rotatable bonds is 3. The van der Waals surface area contributed by atoms with Crippen molar-refractivity contribution >= 4 is 5.91 Å². The molecular weight excluding hydrogens is 321 g/mol. The number of hydrogen-bond donors (Lipinski definition) is 0. The molecule has 1 fully saturated rings. The summed E-state index contributed by atoms with van der Waals surface area (Å²) < 4.78 is 41.3. The van der Waals surface area contributed by atoms with Gasteiger partial charge in [-0.2, -0.15) is 0 Å². The standard InChI is InChI=1S/C16H15F3N4O/c17-10-8-12(9-4-2-1-3-5-9)23-15(10)20-14(21-23)16(24)22-7-6-11(22)13(18)19/h1-5,10-13H,6-8H2/t10-,11?,12-/m0/s1. The van der Waals surface area contributed by atoms with E-state index in [0.29, 0.717) is 0 Å². The Hall–Kier alpha value is -2.38. The van der Waals surface area contributed by atoms with Gasteiger partial charge in [0.15, 0.2) is 12.0 Å². The fraction of sp³-hybridized carbons (Fsp3) is 0.438. The molecule has 5 nitrogen and oxygen atoms in total. The first-order valence-electron chi connectivity index (χ1n) is 7.81. The Morgan fingerprint density at radius 3 is 2.62 bits per heavy atom. The van der Waals surface area contributed by atoms with Gasteiger partial charge in [-0.3, -0.25) is 4.79 Å². The molecule has 1 aromatic heterocycles. The molecular formula is C16H15F3N4O. The molecule has 8 heteroatoms. The molecule has 2 aliphatic rings. The van der Waals surface area contributed by atoms with Gasteiger partial charge in [0.2, 0.25) is 5.82 Å². The molecule has 3 heterocycles. The zero-order valence-corrected chi connectivity index (χ0v) is 12.6. The first kappa shape index (κ1) is 15.2. The summed E-state index contributed by atoms with van der Waals surface area (Å²) in [5.74, 6) is -0.785. The minimum atomic E-state index is -2.59. The van der Waals surface area contributed by atoms with Gasteiger partial charge in [-0.05, 0) is 12.0 Å². The SMILES string of the molecule is O=C(c1nc2n(n1)[C@H](c1ccccc1)C[C@@H]2F)N1CCC1C(F)F. The van der Waals surface area contributed by atoms with Crippen LogP contribution in [0.15, 0.2) is 30.3 Å². The quantitative estimate of drug-likeness (QED) is 0.866. The zero-order valence-electron chi connectivity index (χ0n) is 12.6. The number of hydrogen-bond acceptors (Lipinski definition) is 3. The van der Waals surface area contributed by atoms with Crippen molar-refractivity contribution in [1.82, 2.24) is 19.7 Å². The van der Waals surface area contributed by atoms with Crippen LogP contribution in [0.25, 0.3) is 0 Å². The lowest BCUT2D eigenvalue weighted by atomic mass is 10.0. The summed E-state index contributed by atoms with van der Waals surface area (Å²) in [6, 6.07) is 7.83. The van der Waals surface area contributed by atoms with Crippen LogP contribution in [-0.2, 0) is 0 Å². The molecule has 4 rings (SSSR count). The number of amides is 1. The average Bonchev–Trinajstić information content (AvgIpc) is 3.07. The fourth-order valence-electron chi connectivity index (χ4n) is 3.27. The van der Waals surface area contributed by atoms with Crippen LogP contribution in [0.2, 0.25) is 0 Å². The highest BCUT2D eigenvalue weighted by Crippen LogP contribution is 2.39. The van der Waals surface area contributed by atoms with Crippen LogP contribution in [-0.4, -0.2) is 44.6 Å². The van der Waals surface area contributed by atoms with Gasteiger partial charge in [0.25, 0.3) is 12.3 Å². The van der Waals surface area contributed by atoms with E-state index < -0.39 is 24.5 Å². The number of alkyl halides is 3. The number of nitrogens with zero attached hydrogens (tertiary/aromatic N) is 4. The molecule has 0 radical (unpaired) electrons. The summed E-state index contributed by atoms with van der Waals surface area (Å²) in [4.78, 5) is 17.4. The normalized spacial score (nSPS) is 25.7. The molecule has 0 spiro atoms. The second-order valence-corrected chi connectivity index (χ2v) is 6.06. The van der Waals surface area contributed by atoms with E-state index in [2.05, 4.69) is 10.1 Å². The van der Waals surface area contributed by atoms with Gasteiger partial charge in [-0.25, -0.2) is 22.8 Å². The van der Waals surface area contributed by atoms with Crippen molar-refractivity contribution < 1.29 is 18.0 Å². The van der Waals surface area contributed by atoms with Crippen molar-refractivity contribution in [1.29, 1.82) is 0 Å². The second-order valence-electron chi connectivity index (χ2n) is 6.06. The molecule has 1 unspecified atom stereocenters. The number of carbonyl (C=O) groups excluding carboxylic acids is 1. The minimum Gasteiger partial charge on any atom is -0.327 e. The Bertz CT molecular complexity index is 764. The molecule has 2 aliphatic heterocycles. The lowest BCUT2D eigenvalue weighted by Gasteiger charge is -2.39. The summed E-state index contributed by atoms with van der Waals surface area (Å²) in [5.41, 5.74) is 0.872. The van der Waals surface area contributed by atoms with Gasteiger partial charge in [0.05, 0.1) is 12.1 Å². The monoisotopic (exact) mass is 336 g/mol. The van der Waals surface area contributed by atoms with Gasteiger partial charge in [-0.1, -0.05) is 30.3 Å². The van der Waals surface area contributed by atoms with E-state index in [1.807, 2.05) is 30.3 Å². The molecule has 1 aromatic carbocycles. The number of aromatic nitrogens is 3. The summed E-state index contributed by atoms with van der Waals surface area (Å²) in [7, 11) is 0. The Labute approximate surface area is 136 Å². The van der Waals surface area contributed by atoms with E-state index in [0.717, 1.165) is 10.5 Å². The van der Waals surface area contributed by atoms with E-state index >= 15 is 0 Å². The molecule has 126 valence electrons. The third kappa shape index (κ3) is 2.28. The number of benzene rings is 1. The summed E-state index contributed by atoms with van der Waals surface area (Å²) in [5, 5.41) is 4.13. The van der Waals surface area contributed by atoms with Crippen LogP contribution >= 0.6 is 0 Å². The Morgan fingerprint density at radius 2 is 2.00 bits per heavy atom. The molecule has 0 bridgehead atoms. The van der Waals surface area contributed by atoms with Crippen LogP contribution in [0.1, 0.15) is 47.1 Å². The van der Waals surface area contributed by atoms with Crippen LogP contribution in [0, 0.1) is 0 Å². The second kappa shape index (κ2) is 5.61. The smallest absolute Gasteiger partial charge is 0.293 e. The number of halogens is 3. The molecule has 0 aliphatic carbocycles. The highest BCUT2D eigenvalue weighted by Gasteiger charge is 2.42. The molecule has 1 amide bonds. The maximum Gasteiger partial charge on any atom is 0.293 e. The van der Waals surface area contributed by atoms with Crippen molar-refractivity contribution in [3.05, 3.63) is 47.5 Å². The Balaban J connectivity index is 1.63. The lowest BCUT2D eigenvalue weighted by Crippen LogP contribution is -2.54. The van der Waals surface area contributed by atoms with E-state index in [-0.39, 0.29) is 37.1 Å². The van der Waals surface area contributed by atoms with Crippen molar-refractivity contribution in [3.63, 3.8) is 0 Å². The van der Waals surface area contributed by atoms with Gasteiger partial charge in [-0.15, -0.1) is 5.10 Å². The largest absolute Gasteiger partial charge is 0.327 e. The predicted molar refractivity (Wildman–Crippen MR) is 78.5 cm³/mol. The predicted octanol–water partition coefficient (Wildman–Crippen LogP) is 2.76. The maximum absolute atomic E-state index is 14.3. The van der Waals surface area contributed by atoms with Crippen LogP contribution in [0.5, 0.6) is 0 Å². The van der Waals surface area contributed by atoms with Crippen LogP contribution in [0.4, 0.5) is 13.2 Å². The lowest BCUT2D eigenvalue weighted by molar-refractivity contribution is -0.0225. The highest BCUT2D eigenvalue weighted by atomic mass is 19.3. The van der Waals surface area contributed by atoms with E-state index in [1.54, 1.807) is 0 Å². The molecule has 0 saturated carbocycles. The molecule has 3 atom stereocenters. The fourth-order valence-corrected chi connectivity index (χ4v) is 3.27. The van der Waals surface area contributed by atoms with Crippen molar-refractivity contribution in [2.75, 3.05) is 6.54 Å². The van der Waals surface area contributed by atoms with E-state index in [1.165, 1.54) is 4.68 Å². The van der Waals surface area contributed by atoms with Crippen molar-refractivity contribution in [2.24, 2.45) is 0 Å². The van der Waals surface area contributed by atoms with Gasteiger partial charge >= 0.3 is 0 Å². The molecule has 2 aromatic rings. The highest BCUT2D eigenvalue weighted by molar-refractivity contribution is 5.91. The number of carbonyl (C=O) groups is 1. The number of likely N-dealkylation sites (tertiary alicyclic amines) is 1. The van der Waals surface area contributed by atoms with Crippen LogP contribution in [0.3, 0.4) is 0 Å². The Morgan fingerprint density at radius 1 is 1.25 bits per heavy atom. The summed E-state index contributed by atoms with van der Waals surface area (Å²) in [6.07, 6.45) is -3.46.